The number of hydrogen-bond donors (Lipinski definition) is 0. The molecule has 0 amide bonds. The molecule has 0 aromatic rings. The van der Waals surface area contributed by atoms with Crippen LogP contribution in [0.1, 0.15) is 19.3 Å². The van der Waals surface area contributed by atoms with Crippen molar-refractivity contribution in [2.75, 3.05) is 0 Å². The first-order valence-corrected chi connectivity index (χ1v) is 13.1. The Labute approximate surface area is 107 Å². The topological polar surface area (TPSA) is 27.0 Å². The summed E-state index contributed by atoms with van der Waals surface area (Å²) in [7, 11) is -2.28. The molecule has 2 nitrogen and oxygen atoms in total. The predicted octanol–water partition coefficient (Wildman–Crippen LogP) is 3.71. The summed E-state index contributed by atoms with van der Waals surface area (Å²) in [5.41, 5.74) is 1.01. The summed E-state index contributed by atoms with van der Waals surface area (Å²) >= 11 is 0. The minimum atomic E-state index is -1.14. The zero-order valence-corrected chi connectivity index (χ0v) is 13.6. The van der Waals surface area contributed by atoms with Crippen molar-refractivity contribution in [2.45, 2.75) is 63.6 Å². The fraction of sp³-hybridized carbons (Fsp3) is 0.769. The van der Waals surface area contributed by atoms with Gasteiger partial charge in [-0.1, -0.05) is 32.3 Å². The van der Waals surface area contributed by atoms with Crippen molar-refractivity contribution in [1.82, 2.24) is 4.23 Å². The normalized spacial score (nSPS) is 31.9. The fourth-order valence-corrected chi connectivity index (χ4v) is 18.9. The van der Waals surface area contributed by atoms with Gasteiger partial charge in [0.1, 0.15) is 16.5 Å². The van der Waals surface area contributed by atoms with Crippen LogP contribution in [-0.2, 0) is 0 Å². The summed E-state index contributed by atoms with van der Waals surface area (Å²) in [6.07, 6.45) is 5.54. The summed E-state index contributed by atoms with van der Waals surface area (Å²) < 4.78 is 2.99. The van der Waals surface area contributed by atoms with Crippen LogP contribution in [0.25, 0.3) is 0 Å². The highest BCUT2D eigenvalue weighted by Gasteiger charge is 2.49. The van der Waals surface area contributed by atoms with Crippen LogP contribution in [0.3, 0.4) is 0 Å². The third kappa shape index (κ3) is 2.42. The van der Waals surface area contributed by atoms with Crippen molar-refractivity contribution in [3.63, 3.8) is 0 Å². The van der Waals surface area contributed by atoms with Gasteiger partial charge in [-0.2, -0.15) is 5.26 Å². The molecular formula is C13H24N2Si2. The molecule has 0 saturated carbocycles. The van der Waals surface area contributed by atoms with Crippen LogP contribution in [0.2, 0.25) is 38.3 Å². The van der Waals surface area contributed by atoms with Gasteiger partial charge in [0.05, 0.1) is 6.07 Å². The Morgan fingerprint density at radius 3 is 2.24 bits per heavy atom. The molecule has 2 aliphatic rings. The molecule has 1 aliphatic carbocycles. The third-order valence-electron chi connectivity index (χ3n) is 4.54. The van der Waals surface area contributed by atoms with Crippen LogP contribution < -0.4 is 0 Å². The molecule has 0 spiro atoms. The van der Waals surface area contributed by atoms with E-state index >= 15 is 0 Å². The molecule has 2 rings (SSSR count). The smallest absolute Gasteiger partial charge is 0.115 e. The first kappa shape index (κ1) is 13.1. The summed E-state index contributed by atoms with van der Waals surface area (Å²) in [5.74, 6) is 0. The highest BCUT2D eigenvalue weighted by molar-refractivity contribution is 6.95. The van der Waals surface area contributed by atoms with Gasteiger partial charge in [0.15, 0.2) is 0 Å². The molecule has 1 aliphatic heterocycles. The molecular weight excluding hydrogens is 240 g/mol. The largest absolute Gasteiger partial charge is 0.343 e. The van der Waals surface area contributed by atoms with Crippen LogP contribution in [0.4, 0.5) is 0 Å². The Morgan fingerprint density at radius 2 is 1.82 bits per heavy atom. The van der Waals surface area contributed by atoms with E-state index in [1.165, 1.54) is 18.5 Å². The van der Waals surface area contributed by atoms with Crippen molar-refractivity contribution in [2.24, 2.45) is 0 Å². The van der Waals surface area contributed by atoms with Gasteiger partial charge in [-0.15, -0.1) is 0 Å². The minimum absolute atomic E-state index is 0.748. The Bertz CT molecular complexity index is 363. The SMILES string of the molecule is C[Si]1(C)CC[Si](C)(C)N1C1CC=C(C#N)CC1. The summed E-state index contributed by atoms with van der Waals surface area (Å²) in [5, 5.41) is 8.93. The van der Waals surface area contributed by atoms with E-state index in [0.29, 0.717) is 0 Å². The summed E-state index contributed by atoms with van der Waals surface area (Å²) in [4.78, 5) is 0. The Balaban J connectivity index is 2.18. The Kier molecular flexibility index (Phi) is 3.37. The van der Waals surface area contributed by atoms with Crippen molar-refractivity contribution >= 4 is 16.5 Å². The maximum absolute atomic E-state index is 8.93. The van der Waals surface area contributed by atoms with Crippen LogP contribution in [0, 0.1) is 11.3 Å². The second-order valence-electron chi connectivity index (χ2n) is 6.76. The Hall–Kier alpha value is -0.376. The summed E-state index contributed by atoms with van der Waals surface area (Å²) in [6.45, 7) is 10.2. The van der Waals surface area contributed by atoms with Crippen molar-refractivity contribution in [3.05, 3.63) is 11.6 Å². The van der Waals surface area contributed by atoms with Crippen LogP contribution in [-0.4, -0.2) is 26.7 Å². The van der Waals surface area contributed by atoms with E-state index in [2.05, 4.69) is 42.6 Å². The van der Waals surface area contributed by atoms with Gasteiger partial charge < -0.3 is 4.23 Å². The lowest BCUT2D eigenvalue weighted by Crippen LogP contribution is -2.59. The highest BCUT2D eigenvalue weighted by Crippen LogP contribution is 2.41. The molecule has 1 saturated heterocycles. The molecule has 17 heavy (non-hydrogen) atoms. The average Bonchev–Trinajstić information content (AvgIpc) is 2.49. The first-order chi connectivity index (χ1) is 7.87. The monoisotopic (exact) mass is 264 g/mol. The van der Waals surface area contributed by atoms with Crippen molar-refractivity contribution in [3.8, 4) is 6.07 Å². The van der Waals surface area contributed by atoms with Gasteiger partial charge in [-0.25, -0.2) is 0 Å². The van der Waals surface area contributed by atoms with Gasteiger partial charge in [-0.05, 0) is 31.4 Å². The molecule has 0 aromatic carbocycles. The van der Waals surface area contributed by atoms with E-state index < -0.39 is 16.5 Å². The van der Waals surface area contributed by atoms with Crippen LogP contribution in [0.15, 0.2) is 11.6 Å². The van der Waals surface area contributed by atoms with E-state index in [-0.39, 0.29) is 0 Å². The molecule has 0 aromatic heterocycles. The first-order valence-electron chi connectivity index (χ1n) is 6.75. The maximum atomic E-state index is 8.93. The molecule has 0 N–H and O–H groups in total. The maximum Gasteiger partial charge on any atom is 0.115 e. The lowest BCUT2D eigenvalue weighted by atomic mass is 9.97. The van der Waals surface area contributed by atoms with Gasteiger partial charge in [0.2, 0.25) is 0 Å². The molecule has 1 atom stereocenters. The number of nitrogens with zero attached hydrogens (tertiary/aromatic N) is 2. The van der Waals surface area contributed by atoms with Crippen LogP contribution in [0.5, 0.6) is 0 Å². The predicted molar refractivity (Wildman–Crippen MR) is 77.8 cm³/mol. The number of rotatable bonds is 1. The number of nitriles is 1. The van der Waals surface area contributed by atoms with Crippen molar-refractivity contribution < 1.29 is 0 Å². The fourth-order valence-electron chi connectivity index (χ4n) is 3.82. The average molecular weight is 265 g/mol. The Morgan fingerprint density at radius 1 is 1.24 bits per heavy atom. The van der Waals surface area contributed by atoms with E-state index in [9.17, 15) is 0 Å². The summed E-state index contributed by atoms with van der Waals surface area (Å²) in [6, 6.07) is 6.04. The van der Waals surface area contributed by atoms with Crippen molar-refractivity contribution in [1.29, 1.82) is 5.26 Å². The quantitative estimate of drug-likeness (QED) is 0.675. The van der Waals surface area contributed by atoms with Gasteiger partial charge >= 0.3 is 0 Å². The molecule has 1 unspecified atom stereocenters. The van der Waals surface area contributed by atoms with E-state index in [1.807, 2.05) is 0 Å². The molecule has 1 heterocycles. The molecule has 0 radical (unpaired) electrons. The van der Waals surface area contributed by atoms with E-state index in [4.69, 9.17) is 5.26 Å². The minimum Gasteiger partial charge on any atom is -0.343 e. The molecule has 94 valence electrons. The second kappa shape index (κ2) is 4.38. The van der Waals surface area contributed by atoms with Gasteiger partial charge in [0.25, 0.3) is 0 Å². The molecule has 1 fully saturated rings. The lowest BCUT2D eigenvalue weighted by molar-refractivity contribution is 0.409. The van der Waals surface area contributed by atoms with E-state index in [1.54, 1.807) is 0 Å². The van der Waals surface area contributed by atoms with E-state index in [0.717, 1.165) is 24.5 Å². The lowest BCUT2D eigenvalue weighted by Gasteiger charge is -2.45. The highest BCUT2D eigenvalue weighted by atomic mass is 28.4. The standard InChI is InChI=1S/C13H24N2Si2/c1-16(2)9-10-17(3,4)15(16)13-7-5-12(11-14)6-8-13/h5,13H,6-10H2,1-4H3. The zero-order valence-electron chi connectivity index (χ0n) is 11.6. The molecule has 4 heteroatoms. The van der Waals surface area contributed by atoms with Gasteiger partial charge in [0, 0.05) is 11.6 Å². The van der Waals surface area contributed by atoms with Gasteiger partial charge in [-0.3, -0.25) is 0 Å². The zero-order chi connectivity index (χ0) is 12.7. The van der Waals surface area contributed by atoms with Crippen LogP contribution >= 0.6 is 0 Å². The molecule has 0 bridgehead atoms. The number of allylic oxidation sites excluding steroid dienone is 1. The third-order valence-corrected chi connectivity index (χ3v) is 15.0. The second-order valence-corrected chi connectivity index (χ2v) is 16.4. The number of hydrogen-bond acceptors (Lipinski definition) is 2.